The lowest BCUT2D eigenvalue weighted by Gasteiger charge is -2.17. The van der Waals surface area contributed by atoms with Crippen molar-refractivity contribution in [2.45, 2.75) is 12.3 Å². The second kappa shape index (κ2) is 6.59. The first kappa shape index (κ1) is 17.0. The molecule has 0 saturated carbocycles. The molecule has 1 unspecified atom stereocenters. The van der Waals surface area contributed by atoms with Gasteiger partial charge in [0.2, 0.25) is 0 Å². The number of alkyl halides is 4. The van der Waals surface area contributed by atoms with E-state index in [1.54, 1.807) is 0 Å². The Bertz CT molecular complexity index is 467. The number of aliphatic hydroxyl groups is 1. The van der Waals surface area contributed by atoms with E-state index in [9.17, 15) is 18.3 Å². The lowest BCUT2D eigenvalue weighted by Crippen LogP contribution is -2.21. The molecule has 2 nitrogen and oxygen atoms in total. The minimum atomic E-state index is -4.65. The molecule has 1 aromatic carbocycles. The van der Waals surface area contributed by atoms with Gasteiger partial charge in [-0.15, -0.1) is 11.6 Å². The number of benzene rings is 1. The lowest BCUT2D eigenvalue weighted by molar-refractivity contribution is -0.137. The monoisotopic (exact) mass is 355 g/mol. The van der Waals surface area contributed by atoms with Gasteiger partial charge in [0, 0.05) is 6.54 Å². The average molecular weight is 357 g/mol. The zero-order valence-corrected chi connectivity index (χ0v) is 12.2. The van der Waals surface area contributed by atoms with Crippen molar-refractivity contribution in [2.24, 2.45) is 0 Å². The fourth-order valence-electron chi connectivity index (χ4n) is 1.24. The molecular formula is C10H8Cl4F3NO. The van der Waals surface area contributed by atoms with E-state index < -0.39 is 22.9 Å². The van der Waals surface area contributed by atoms with Crippen molar-refractivity contribution in [1.82, 2.24) is 0 Å². The summed E-state index contributed by atoms with van der Waals surface area (Å²) < 4.78 is 37.9. The predicted octanol–water partition coefficient (Wildman–Crippen LogP) is 4.68. The summed E-state index contributed by atoms with van der Waals surface area (Å²) >= 11 is 22.4. The minimum Gasteiger partial charge on any atom is -0.390 e. The Morgan fingerprint density at radius 3 is 2.26 bits per heavy atom. The molecule has 0 bridgehead atoms. The predicted molar refractivity (Wildman–Crippen MR) is 71.7 cm³/mol. The fourth-order valence-corrected chi connectivity index (χ4v) is 2.19. The van der Waals surface area contributed by atoms with E-state index in [1.165, 1.54) is 0 Å². The standard InChI is InChI=1S/C10H8Cl4F3NO/c11-2-4(19)3-18-9-6(12)1-5(10(15,16)17)7(13)8(9)14/h1,4,18-19H,2-3H2. The Morgan fingerprint density at radius 2 is 1.79 bits per heavy atom. The molecule has 0 radical (unpaired) electrons. The molecule has 0 aromatic heterocycles. The Labute approximate surface area is 127 Å². The van der Waals surface area contributed by atoms with Crippen molar-refractivity contribution in [2.75, 3.05) is 17.7 Å². The summed E-state index contributed by atoms with van der Waals surface area (Å²) in [6.45, 7) is -0.0232. The molecule has 1 aromatic rings. The number of hydrogen-bond donors (Lipinski definition) is 2. The Kier molecular flexibility index (Phi) is 5.89. The quantitative estimate of drug-likeness (QED) is 0.606. The van der Waals surface area contributed by atoms with Crippen LogP contribution in [-0.4, -0.2) is 23.6 Å². The zero-order valence-electron chi connectivity index (χ0n) is 9.16. The van der Waals surface area contributed by atoms with Crippen LogP contribution in [0.2, 0.25) is 15.1 Å². The van der Waals surface area contributed by atoms with Crippen LogP contribution >= 0.6 is 46.4 Å². The second-order valence-electron chi connectivity index (χ2n) is 3.60. The van der Waals surface area contributed by atoms with E-state index >= 15 is 0 Å². The minimum absolute atomic E-state index is 0.0190. The maximum absolute atomic E-state index is 12.6. The molecule has 0 aliphatic carbocycles. The molecule has 0 amide bonds. The van der Waals surface area contributed by atoms with Crippen LogP contribution in [0.15, 0.2) is 6.07 Å². The fraction of sp³-hybridized carbons (Fsp3) is 0.400. The number of hydrogen-bond acceptors (Lipinski definition) is 2. The normalized spacial score (nSPS) is 13.5. The highest BCUT2D eigenvalue weighted by molar-refractivity contribution is 6.46. The second-order valence-corrected chi connectivity index (χ2v) is 5.07. The van der Waals surface area contributed by atoms with Crippen LogP contribution in [0.1, 0.15) is 5.56 Å². The third-order valence-corrected chi connectivity index (χ3v) is 3.68. The third-order valence-electron chi connectivity index (χ3n) is 2.16. The van der Waals surface area contributed by atoms with Crippen LogP contribution in [0.5, 0.6) is 0 Å². The largest absolute Gasteiger partial charge is 0.417 e. The van der Waals surface area contributed by atoms with Gasteiger partial charge in [0.15, 0.2) is 0 Å². The summed E-state index contributed by atoms with van der Waals surface area (Å²) in [5.74, 6) is -0.0450. The maximum Gasteiger partial charge on any atom is 0.417 e. The number of nitrogens with one attached hydrogen (secondary N) is 1. The number of halogens is 7. The van der Waals surface area contributed by atoms with Gasteiger partial charge in [0.05, 0.1) is 38.3 Å². The van der Waals surface area contributed by atoms with E-state index in [-0.39, 0.29) is 28.2 Å². The van der Waals surface area contributed by atoms with Crippen molar-refractivity contribution >= 4 is 52.1 Å². The molecule has 0 aliphatic rings. The molecule has 2 N–H and O–H groups in total. The molecular weight excluding hydrogens is 349 g/mol. The summed E-state index contributed by atoms with van der Waals surface area (Å²) in [7, 11) is 0. The summed E-state index contributed by atoms with van der Waals surface area (Å²) in [4.78, 5) is 0. The number of rotatable bonds is 4. The third kappa shape index (κ3) is 4.20. The molecule has 0 heterocycles. The van der Waals surface area contributed by atoms with Gasteiger partial charge in [-0.3, -0.25) is 0 Å². The highest BCUT2D eigenvalue weighted by Crippen LogP contribution is 2.44. The van der Waals surface area contributed by atoms with Crippen LogP contribution in [0, 0.1) is 0 Å². The lowest BCUT2D eigenvalue weighted by atomic mass is 10.2. The van der Waals surface area contributed by atoms with E-state index in [2.05, 4.69) is 5.32 Å². The summed E-state index contributed by atoms with van der Waals surface area (Å²) in [6, 6.07) is 0.672. The molecule has 0 saturated heterocycles. The van der Waals surface area contributed by atoms with Crippen LogP contribution < -0.4 is 5.32 Å². The van der Waals surface area contributed by atoms with Crippen molar-refractivity contribution in [3.8, 4) is 0 Å². The van der Waals surface area contributed by atoms with Gasteiger partial charge >= 0.3 is 6.18 Å². The van der Waals surface area contributed by atoms with Crippen LogP contribution in [0.4, 0.5) is 18.9 Å². The van der Waals surface area contributed by atoms with Gasteiger partial charge in [-0.1, -0.05) is 34.8 Å². The molecule has 1 atom stereocenters. The average Bonchev–Trinajstić information content (AvgIpc) is 2.31. The number of aliphatic hydroxyl groups excluding tert-OH is 1. The smallest absolute Gasteiger partial charge is 0.390 e. The Hall–Kier alpha value is -0.0700. The van der Waals surface area contributed by atoms with Gasteiger partial charge in [-0.2, -0.15) is 13.2 Å². The van der Waals surface area contributed by atoms with Crippen LogP contribution in [-0.2, 0) is 6.18 Å². The van der Waals surface area contributed by atoms with Crippen molar-refractivity contribution in [3.05, 3.63) is 26.7 Å². The molecule has 108 valence electrons. The van der Waals surface area contributed by atoms with Gasteiger partial charge in [0.1, 0.15) is 0 Å². The topological polar surface area (TPSA) is 32.3 Å². The molecule has 1 rings (SSSR count). The highest BCUT2D eigenvalue weighted by atomic mass is 35.5. The van der Waals surface area contributed by atoms with Gasteiger partial charge < -0.3 is 10.4 Å². The van der Waals surface area contributed by atoms with E-state index in [1.807, 2.05) is 0 Å². The van der Waals surface area contributed by atoms with Gasteiger partial charge in [-0.05, 0) is 6.07 Å². The zero-order chi connectivity index (χ0) is 14.8. The van der Waals surface area contributed by atoms with E-state index in [0.717, 1.165) is 0 Å². The van der Waals surface area contributed by atoms with E-state index in [4.69, 9.17) is 46.4 Å². The number of anilines is 1. The molecule has 0 aliphatic heterocycles. The van der Waals surface area contributed by atoms with Crippen molar-refractivity contribution < 1.29 is 18.3 Å². The summed E-state index contributed by atoms with van der Waals surface area (Å²) in [5.41, 5.74) is -1.10. The Morgan fingerprint density at radius 1 is 1.21 bits per heavy atom. The van der Waals surface area contributed by atoms with Crippen molar-refractivity contribution in [3.63, 3.8) is 0 Å². The maximum atomic E-state index is 12.6. The van der Waals surface area contributed by atoms with E-state index in [0.29, 0.717) is 6.07 Å². The van der Waals surface area contributed by atoms with Crippen molar-refractivity contribution in [1.29, 1.82) is 0 Å². The first-order valence-electron chi connectivity index (χ1n) is 4.91. The van der Waals surface area contributed by atoms with Gasteiger partial charge in [0.25, 0.3) is 0 Å². The SMILES string of the molecule is OC(CCl)CNc1c(Cl)cc(C(F)(F)F)c(Cl)c1Cl. The van der Waals surface area contributed by atoms with Gasteiger partial charge in [-0.25, -0.2) is 0 Å². The Balaban J connectivity index is 3.12. The first-order valence-corrected chi connectivity index (χ1v) is 6.58. The summed E-state index contributed by atoms with van der Waals surface area (Å²) in [6.07, 6.45) is -5.55. The summed E-state index contributed by atoms with van der Waals surface area (Å²) in [5, 5.41) is 10.6. The van der Waals surface area contributed by atoms with Crippen LogP contribution in [0.25, 0.3) is 0 Å². The molecule has 9 heteroatoms. The van der Waals surface area contributed by atoms with Crippen LogP contribution in [0.3, 0.4) is 0 Å². The highest BCUT2D eigenvalue weighted by Gasteiger charge is 2.35. The first-order chi connectivity index (χ1) is 8.68. The molecule has 19 heavy (non-hydrogen) atoms. The molecule has 0 spiro atoms. The molecule has 0 fully saturated rings.